The molecule has 2 aliphatic rings. The maximum atomic E-state index is 12.6. The highest BCUT2D eigenvalue weighted by Gasteiger charge is 2.35. The van der Waals surface area contributed by atoms with Crippen LogP contribution in [0.25, 0.3) is 10.8 Å². The van der Waals surface area contributed by atoms with Gasteiger partial charge in [-0.1, -0.05) is 42.5 Å². The first kappa shape index (κ1) is 18.0. The van der Waals surface area contributed by atoms with Gasteiger partial charge in [-0.3, -0.25) is 9.69 Å². The predicted octanol–water partition coefficient (Wildman–Crippen LogP) is 3.27. The predicted molar refractivity (Wildman–Crippen MR) is 104 cm³/mol. The fourth-order valence-corrected chi connectivity index (χ4v) is 4.18. The number of aliphatic carboxylic acids is 1. The third kappa shape index (κ3) is 3.98. The number of nitrogens with zero attached hydrogens (tertiary/aromatic N) is 2. The van der Waals surface area contributed by atoms with Crippen molar-refractivity contribution in [2.24, 2.45) is 0 Å². The van der Waals surface area contributed by atoms with E-state index in [1.165, 1.54) is 29.2 Å². The van der Waals surface area contributed by atoms with E-state index in [1.807, 2.05) is 0 Å². The van der Waals surface area contributed by atoms with Crippen molar-refractivity contribution in [1.29, 1.82) is 0 Å². The molecule has 2 fully saturated rings. The van der Waals surface area contributed by atoms with Crippen LogP contribution in [0.2, 0.25) is 0 Å². The molecule has 2 aromatic rings. The number of carboxylic acids is 1. The minimum Gasteiger partial charge on any atom is -0.480 e. The van der Waals surface area contributed by atoms with Crippen LogP contribution in [-0.2, 0) is 16.1 Å². The molecule has 1 saturated heterocycles. The molecule has 1 saturated carbocycles. The van der Waals surface area contributed by atoms with Gasteiger partial charge in [-0.2, -0.15) is 0 Å². The second-order valence-corrected chi connectivity index (χ2v) is 7.67. The Bertz CT molecular complexity index is 841. The normalized spacial score (nSPS) is 19.7. The Kier molecular flexibility index (Phi) is 5.12. The lowest BCUT2D eigenvalue weighted by atomic mass is 10.0. The number of benzene rings is 2. The molecule has 142 valence electrons. The summed E-state index contributed by atoms with van der Waals surface area (Å²) in [6, 6.07) is 14.7. The lowest BCUT2D eigenvalue weighted by Crippen LogP contribution is -2.41. The Morgan fingerprint density at radius 2 is 1.85 bits per heavy atom. The lowest BCUT2D eigenvalue weighted by Gasteiger charge is -2.26. The summed E-state index contributed by atoms with van der Waals surface area (Å²) in [5.74, 6) is -0.904. The maximum Gasteiger partial charge on any atom is 0.326 e. The first-order chi connectivity index (χ1) is 13.1. The molecule has 0 spiro atoms. The Labute approximate surface area is 159 Å². The molecule has 1 amide bonds. The number of rotatable bonds is 7. The summed E-state index contributed by atoms with van der Waals surface area (Å²) in [7, 11) is 0. The fraction of sp³-hybridized carbons (Fsp3) is 0.455. The van der Waals surface area contributed by atoms with E-state index < -0.39 is 12.0 Å². The van der Waals surface area contributed by atoms with Crippen LogP contribution < -0.4 is 0 Å². The van der Waals surface area contributed by atoms with Crippen LogP contribution in [0, 0.1) is 0 Å². The number of carbonyl (C=O) groups is 2. The van der Waals surface area contributed by atoms with Gasteiger partial charge < -0.3 is 10.0 Å². The van der Waals surface area contributed by atoms with E-state index in [0.717, 1.165) is 13.0 Å². The van der Waals surface area contributed by atoms with E-state index in [9.17, 15) is 14.7 Å². The monoisotopic (exact) mass is 366 g/mol. The molecule has 5 nitrogen and oxygen atoms in total. The van der Waals surface area contributed by atoms with Crippen LogP contribution >= 0.6 is 0 Å². The lowest BCUT2D eigenvalue weighted by molar-refractivity contribution is -0.148. The van der Waals surface area contributed by atoms with E-state index >= 15 is 0 Å². The van der Waals surface area contributed by atoms with Gasteiger partial charge in [0.05, 0.1) is 0 Å². The van der Waals surface area contributed by atoms with Crippen molar-refractivity contribution in [2.75, 3.05) is 13.1 Å². The largest absolute Gasteiger partial charge is 0.480 e. The molecule has 1 aliphatic carbocycles. The van der Waals surface area contributed by atoms with Gasteiger partial charge in [-0.05, 0) is 42.0 Å². The summed E-state index contributed by atoms with van der Waals surface area (Å²) >= 11 is 0. The summed E-state index contributed by atoms with van der Waals surface area (Å²) in [5, 5.41) is 11.8. The standard InChI is InChI=1S/C22H26N2O3/c25-21(24-13-4-9-20(24)22(26)27)12-14-23(18-10-11-18)15-17-7-3-6-16-5-1-2-8-19(16)17/h1-3,5-8,18,20H,4,9-15H2,(H,26,27). The highest BCUT2D eigenvalue weighted by atomic mass is 16.4. The number of carbonyl (C=O) groups excluding carboxylic acids is 1. The summed E-state index contributed by atoms with van der Waals surface area (Å²) < 4.78 is 0. The quantitative estimate of drug-likeness (QED) is 0.817. The number of likely N-dealkylation sites (tertiary alicyclic amines) is 1. The van der Waals surface area contributed by atoms with Gasteiger partial charge in [-0.15, -0.1) is 0 Å². The van der Waals surface area contributed by atoms with Crippen molar-refractivity contribution < 1.29 is 14.7 Å². The van der Waals surface area contributed by atoms with Gasteiger partial charge in [-0.25, -0.2) is 4.79 Å². The zero-order valence-corrected chi connectivity index (χ0v) is 15.5. The molecule has 4 rings (SSSR count). The van der Waals surface area contributed by atoms with Crippen LogP contribution in [0.15, 0.2) is 42.5 Å². The summed E-state index contributed by atoms with van der Waals surface area (Å²) in [4.78, 5) is 27.9. The smallest absolute Gasteiger partial charge is 0.326 e. The highest BCUT2D eigenvalue weighted by Crippen LogP contribution is 2.30. The van der Waals surface area contributed by atoms with E-state index in [0.29, 0.717) is 32.0 Å². The van der Waals surface area contributed by atoms with Crippen molar-refractivity contribution in [3.05, 3.63) is 48.0 Å². The number of hydrogen-bond acceptors (Lipinski definition) is 3. The molecular formula is C22H26N2O3. The van der Waals surface area contributed by atoms with E-state index in [2.05, 4.69) is 47.4 Å². The zero-order chi connectivity index (χ0) is 18.8. The first-order valence-electron chi connectivity index (χ1n) is 9.86. The maximum absolute atomic E-state index is 12.6. The number of fused-ring (bicyclic) bond motifs is 1. The van der Waals surface area contributed by atoms with Crippen LogP contribution in [-0.4, -0.2) is 52.0 Å². The van der Waals surface area contributed by atoms with Crippen molar-refractivity contribution in [3.8, 4) is 0 Å². The highest BCUT2D eigenvalue weighted by molar-refractivity contribution is 5.86. The number of amides is 1. The molecule has 1 unspecified atom stereocenters. The van der Waals surface area contributed by atoms with Gasteiger partial charge in [0.2, 0.25) is 5.91 Å². The minimum atomic E-state index is -0.879. The van der Waals surface area contributed by atoms with Gasteiger partial charge >= 0.3 is 5.97 Å². The minimum absolute atomic E-state index is 0.0246. The van der Waals surface area contributed by atoms with Gasteiger partial charge in [0.1, 0.15) is 6.04 Å². The van der Waals surface area contributed by atoms with Crippen molar-refractivity contribution in [2.45, 2.75) is 50.7 Å². The van der Waals surface area contributed by atoms with Crippen LogP contribution in [0.4, 0.5) is 0 Å². The zero-order valence-electron chi connectivity index (χ0n) is 15.5. The third-order valence-electron chi connectivity index (χ3n) is 5.79. The average molecular weight is 366 g/mol. The number of hydrogen-bond donors (Lipinski definition) is 1. The second kappa shape index (κ2) is 7.69. The molecule has 1 heterocycles. The van der Waals surface area contributed by atoms with Gasteiger partial charge in [0, 0.05) is 32.1 Å². The summed E-state index contributed by atoms with van der Waals surface area (Å²) in [6.45, 7) is 2.10. The Morgan fingerprint density at radius 3 is 2.63 bits per heavy atom. The first-order valence-corrected chi connectivity index (χ1v) is 9.86. The molecular weight excluding hydrogens is 340 g/mol. The number of carboxylic acid groups (broad SMARTS) is 1. The van der Waals surface area contributed by atoms with E-state index in [1.54, 1.807) is 4.90 Å². The summed E-state index contributed by atoms with van der Waals surface area (Å²) in [5.41, 5.74) is 1.29. The molecule has 1 aliphatic heterocycles. The van der Waals surface area contributed by atoms with Crippen molar-refractivity contribution >= 4 is 22.6 Å². The van der Waals surface area contributed by atoms with Crippen molar-refractivity contribution in [3.63, 3.8) is 0 Å². The topological polar surface area (TPSA) is 60.9 Å². The van der Waals surface area contributed by atoms with Gasteiger partial charge in [0.25, 0.3) is 0 Å². The van der Waals surface area contributed by atoms with Crippen molar-refractivity contribution in [1.82, 2.24) is 9.80 Å². The molecule has 5 heteroatoms. The average Bonchev–Trinajstić information content (AvgIpc) is 3.40. The molecule has 0 radical (unpaired) electrons. The molecule has 2 aromatic carbocycles. The Hall–Kier alpha value is -2.40. The molecule has 27 heavy (non-hydrogen) atoms. The van der Waals surface area contributed by atoms with Crippen LogP contribution in [0.5, 0.6) is 0 Å². The second-order valence-electron chi connectivity index (χ2n) is 7.67. The molecule has 0 bridgehead atoms. The molecule has 1 N–H and O–H groups in total. The van der Waals surface area contributed by atoms with E-state index in [-0.39, 0.29) is 5.91 Å². The fourth-order valence-electron chi connectivity index (χ4n) is 4.18. The molecule has 1 atom stereocenters. The molecule has 0 aromatic heterocycles. The SMILES string of the molecule is O=C(O)C1CCCN1C(=O)CCN(Cc1cccc2ccccc12)C1CC1. The Balaban J connectivity index is 1.43. The third-order valence-corrected chi connectivity index (χ3v) is 5.79. The van der Waals surface area contributed by atoms with Gasteiger partial charge in [0.15, 0.2) is 0 Å². The van der Waals surface area contributed by atoms with E-state index in [4.69, 9.17) is 0 Å². The van der Waals surface area contributed by atoms with Crippen LogP contribution in [0.3, 0.4) is 0 Å². The summed E-state index contributed by atoms with van der Waals surface area (Å²) in [6.07, 6.45) is 4.11. The Morgan fingerprint density at radius 1 is 1.07 bits per heavy atom. The van der Waals surface area contributed by atoms with Crippen LogP contribution in [0.1, 0.15) is 37.7 Å².